The van der Waals surface area contributed by atoms with Crippen LogP contribution in [-0.2, 0) is 21.1 Å². The van der Waals surface area contributed by atoms with Crippen LogP contribution in [0.25, 0.3) is 0 Å². The fourth-order valence-corrected chi connectivity index (χ4v) is 3.71. The summed E-state index contributed by atoms with van der Waals surface area (Å²) in [4.78, 5) is 26.1. The highest BCUT2D eigenvalue weighted by Crippen LogP contribution is 2.13. The molecule has 0 aromatic carbocycles. The van der Waals surface area contributed by atoms with E-state index in [1.165, 1.54) is 11.2 Å². The van der Waals surface area contributed by atoms with Crippen molar-refractivity contribution in [1.29, 1.82) is 0 Å². The molecule has 8 heteroatoms. The second kappa shape index (κ2) is 7.16. The van der Waals surface area contributed by atoms with Crippen LogP contribution in [0.1, 0.15) is 36.4 Å². The molecule has 7 nitrogen and oxygen atoms in total. The van der Waals surface area contributed by atoms with Gasteiger partial charge in [-0.3, -0.25) is 9.59 Å². The molecule has 1 aromatic rings. The Bertz CT molecular complexity index is 666. The highest BCUT2D eigenvalue weighted by atomic mass is 32.2. The average Bonchev–Trinajstić information content (AvgIpc) is 2.95. The number of carbonyl (C=O) groups excluding carboxylic acids is 2. The predicted octanol–water partition coefficient (Wildman–Crippen LogP) is 0.607. The van der Waals surface area contributed by atoms with Gasteiger partial charge >= 0.3 is 0 Å². The van der Waals surface area contributed by atoms with Gasteiger partial charge in [0, 0.05) is 19.5 Å². The quantitative estimate of drug-likeness (QED) is 0.845. The van der Waals surface area contributed by atoms with E-state index in [0.717, 1.165) is 6.42 Å². The Kier molecular flexibility index (Phi) is 5.46. The van der Waals surface area contributed by atoms with Crippen LogP contribution in [0.5, 0.6) is 0 Å². The maximum absolute atomic E-state index is 12.3. The van der Waals surface area contributed by atoms with Crippen molar-refractivity contribution in [3.63, 3.8) is 0 Å². The number of sulfone groups is 1. The summed E-state index contributed by atoms with van der Waals surface area (Å²) in [6.45, 7) is 3.94. The largest absolute Gasteiger partial charge is 0.469 e. The molecule has 1 aromatic heterocycles. The third-order valence-electron chi connectivity index (χ3n) is 3.84. The molecule has 0 spiro atoms. The molecule has 0 saturated carbocycles. The van der Waals surface area contributed by atoms with Gasteiger partial charge in [-0.1, -0.05) is 6.92 Å². The van der Waals surface area contributed by atoms with Crippen LogP contribution >= 0.6 is 0 Å². The standard InChI is InChI=1S/C15H22N2O5S/c1-3-4-13-12(5-8-22-13)14(18)16-11(2)15(19)17-6-9-23(20,21)10-7-17/h5,8,11H,3-4,6-7,9-10H2,1-2H3,(H,16,18). The van der Waals surface area contributed by atoms with Crippen LogP contribution in [0.15, 0.2) is 16.7 Å². The van der Waals surface area contributed by atoms with Crippen molar-refractivity contribution >= 4 is 21.7 Å². The van der Waals surface area contributed by atoms with E-state index in [2.05, 4.69) is 5.32 Å². The zero-order valence-corrected chi connectivity index (χ0v) is 14.2. The zero-order valence-electron chi connectivity index (χ0n) is 13.4. The first-order valence-corrected chi connectivity index (χ1v) is 9.52. The van der Waals surface area contributed by atoms with E-state index in [-0.39, 0.29) is 36.4 Å². The zero-order chi connectivity index (χ0) is 17.0. The van der Waals surface area contributed by atoms with Gasteiger partial charge in [0.1, 0.15) is 11.8 Å². The Morgan fingerprint density at radius 3 is 2.61 bits per heavy atom. The van der Waals surface area contributed by atoms with Gasteiger partial charge in [0.25, 0.3) is 5.91 Å². The molecule has 2 heterocycles. The van der Waals surface area contributed by atoms with Crippen molar-refractivity contribution in [2.24, 2.45) is 0 Å². The number of hydrogen-bond donors (Lipinski definition) is 1. The van der Waals surface area contributed by atoms with Gasteiger partial charge in [0.2, 0.25) is 5.91 Å². The number of nitrogens with one attached hydrogen (secondary N) is 1. The molecule has 0 aliphatic carbocycles. The highest BCUT2D eigenvalue weighted by molar-refractivity contribution is 7.91. The van der Waals surface area contributed by atoms with Crippen LogP contribution in [0.4, 0.5) is 0 Å². The summed E-state index contributed by atoms with van der Waals surface area (Å²) in [5.41, 5.74) is 0.438. The van der Waals surface area contributed by atoms with Crippen LogP contribution in [-0.4, -0.2) is 55.8 Å². The second-order valence-corrected chi connectivity index (χ2v) is 7.98. The van der Waals surface area contributed by atoms with Crippen LogP contribution in [0.2, 0.25) is 0 Å². The number of hydrogen-bond acceptors (Lipinski definition) is 5. The summed E-state index contributed by atoms with van der Waals surface area (Å²) in [6.07, 6.45) is 2.97. The number of furan rings is 1. The minimum atomic E-state index is -3.04. The minimum Gasteiger partial charge on any atom is -0.469 e. The number of aryl methyl sites for hydroxylation is 1. The molecule has 1 saturated heterocycles. The van der Waals surface area contributed by atoms with Gasteiger partial charge in [-0.15, -0.1) is 0 Å². The fourth-order valence-electron chi connectivity index (χ4n) is 2.51. The Hall–Kier alpha value is -1.83. The molecule has 0 radical (unpaired) electrons. The summed E-state index contributed by atoms with van der Waals surface area (Å²) in [5, 5.41) is 2.66. The van der Waals surface area contributed by atoms with Crippen molar-refractivity contribution in [3.05, 3.63) is 23.7 Å². The van der Waals surface area contributed by atoms with E-state index >= 15 is 0 Å². The predicted molar refractivity (Wildman–Crippen MR) is 84.9 cm³/mol. The van der Waals surface area contributed by atoms with E-state index in [1.54, 1.807) is 13.0 Å². The van der Waals surface area contributed by atoms with E-state index < -0.39 is 15.9 Å². The molecule has 2 rings (SSSR count). The third kappa shape index (κ3) is 4.34. The lowest BCUT2D eigenvalue weighted by Gasteiger charge is -2.29. The minimum absolute atomic E-state index is 0.0260. The number of nitrogens with zero attached hydrogens (tertiary/aromatic N) is 1. The van der Waals surface area contributed by atoms with Gasteiger partial charge in [0.15, 0.2) is 9.84 Å². The van der Waals surface area contributed by atoms with E-state index in [9.17, 15) is 18.0 Å². The van der Waals surface area contributed by atoms with Gasteiger partial charge in [0.05, 0.1) is 23.3 Å². The summed E-state index contributed by atoms with van der Waals surface area (Å²) < 4.78 is 28.1. The first-order valence-electron chi connectivity index (χ1n) is 7.70. The Balaban J connectivity index is 1.95. The van der Waals surface area contributed by atoms with Crippen molar-refractivity contribution in [3.8, 4) is 0 Å². The maximum Gasteiger partial charge on any atom is 0.255 e. The first kappa shape index (κ1) is 17.5. The number of amides is 2. The van der Waals surface area contributed by atoms with Gasteiger partial charge < -0.3 is 14.6 Å². The lowest BCUT2D eigenvalue weighted by molar-refractivity contribution is -0.132. The Morgan fingerprint density at radius 1 is 1.35 bits per heavy atom. The van der Waals surface area contributed by atoms with E-state index in [4.69, 9.17) is 4.42 Å². The summed E-state index contributed by atoms with van der Waals surface area (Å²) in [6, 6.07) is 0.873. The summed E-state index contributed by atoms with van der Waals surface area (Å²) in [7, 11) is -3.04. The molecule has 1 aliphatic heterocycles. The molecule has 1 aliphatic rings. The monoisotopic (exact) mass is 342 g/mol. The lowest BCUT2D eigenvalue weighted by Crippen LogP contribution is -2.51. The third-order valence-corrected chi connectivity index (χ3v) is 5.45. The first-order chi connectivity index (χ1) is 10.8. The number of carbonyl (C=O) groups is 2. The Morgan fingerprint density at radius 2 is 2.00 bits per heavy atom. The molecule has 23 heavy (non-hydrogen) atoms. The topological polar surface area (TPSA) is 96.7 Å². The molecule has 1 N–H and O–H groups in total. The van der Waals surface area contributed by atoms with Crippen LogP contribution < -0.4 is 5.32 Å². The van der Waals surface area contributed by atoms with E-state index in [1.807, 2.05) is 6.92 Å². The molecule has 1 fully saturated rings. The fraction of sp³-hybridized carbons (Fsp3) is 0.600. The molecular formula is C15H22N2O5S. The molecular weight excluding hydrogens is 320 g/mol. The smallest absolute Gasteiger partial charge is 0.255 e. The highest BCUT2D eigenvalue weighted by Gasteiger charge is 2.29. The molecule has 2 amide bonds. The molecule has 128 valence electrons. The average molecular weight is 342 g/mol. The number of rotatable bonds is 5. The van der Waals surface area contributed by atoms with Gasteiger partial charge in [-0.25, -0.2) is 8.42 Å². The molecule has 1 atom stereocenters. The van der Waals surface area contributed by atoms with E-state index in [0.29, 0.717) is 17.7 Å². The van der Waals surface area contributed by atoms with Crippen LogP contribution in [0, 0.1) is 0 Å². The van der Waals surface area contributed by atoms with Crippen molar-refractivity contribution in [1.82, 2.24) is 10.2 Å². The normalized spacial score (nSPS) is 18.4. The van der Waals surface area contributed by atoms with Gasteiger partial charge in [-0.2, -0.15) is 0 Å². The van der Waals surface area contributed by atoms with Crippen molar-refractivity contribution in [2.45, 2.75) is 32.7 Å². The maximum atomic E-state index is 12.3. The summed E-state index contributed by atoms with van der Waals surface area (Å²) >= 11 is 0. The Labute approximate surface area is 135 Å². The SMILES string of the molecule is CCCc1occc1C(=O)NC(C)C(=O)N1CCS(=O)(=O)CC1. The molecule has 0 bridgehead atoms. The second-order valence-electron chi connectivity index (χ2n) is 5.68. The lowest BCUT2D eigenvalue weighted by atomic mass is 10.1. The molecule has 1 unspecified atom stereocenters. The van der Waals surface area contributed by atoms with Crippen LogP contribution in [0.3, 0.4) is 0 Å². The van der Waals surface area contributed by atoms with Gasteiger partial charge in [-0.05, 0) is 19.4 Å². The van der Waals surface area contributed by atoms with Crippen molar-refractivity contribution < 1.29 is 22.4 Å². The van der Waals surface area contributed by atoms with Crippen molar-refractivity contribution in [2.75, 3.05) is 24.6 Å². The summed E-state index contributed by atoms with van der Waals surface area (Å²) in [5.74, 6) is -0.0704.